The largest absolute Gasteiger partial charge is 0.371 e. The van der Waals surface area contributed by atoms with Crippen LogP contribution in [0.1, 0.15) is 98.8 Å². The molecule has 3 fully saturated rings. The fourth-order valence-corrected chi connectivity index (χ4v) is 7.48. The number of rotatable bonds is 6. The molecule has 0 spiro atoms. The van der Waals surface area contributed by atoms with Gasteiger partial charge < -0.3 is 14.7 Å². The van der Waals surface area contributed by atoms with Gasteiger partial charge in [-0.15, -0.1) is 0 Å². The highest BCUT2D eigenvalue weighted by Crippen LogP contribution is 2.29. The Morgan fingerprint density at radius 3 is 1.44 bits per heavy atom. The summed E-state index contributed by atoms with van der Waals surface area (Å²) < 4.78 is 0. The molecule has 266 valence electrons. The van der Waals surface area contributed by atoms with Crippen LogP contribution in [0.4, 0.5) is 17.1 Å². The molecule has 0 saturated carbocycles. The van der Waals surface area contributed by atoms with E-state index in [9.17, 15) is 0 Å². The average molecular weight is 655 g/mol. The third-order valence-electron chi connectivity index (χ3n) is 11.0. The van der Waals surface area contributed by atoms with Gasteiger partial charge in [-0.3, -0.25) is 4.98 Å². The van der Waals surface area contributed by atoms with Crippen molar-refractivity contribution in [1.82, 2.24) is 4.98 Å². The van der Waals surface area contributed by atoms with Crippen molar-refractivity contribution in [2.24, 2.45) is 35.5 Å². The van der Waals surface area contributed by atoms with E-state index in [1.165, 1.54) is 100 Å². The number of aromatic nitrogens is 1. The van der Waals surface area contributed by atoms with Crippen LogP contribution in [0.3, 0.4) is 0 Å². The topological polar surface area (TPSA) is 22.6 Å². The molecule has 6 rings (SSSR count). The molecule has 3 unspecified atom stereocenters. The number of piperidine rings is 3. The van der Waals surface area contributed by atoms with Crippen molar-refractivity contribution >= 4 is 17.1 Å². The maximum absolute atomic E-state index is 4.38. The molecule has 3 atom stereocenters. The molecule has 3 aliphatic rings. The van der Waals surface area contributed by atoms with Gasteiger partial charge >= 0.3 is 0 Å². The van der Waals surface area contributed by atoms with E-state index in [1.807, 2.05) is 13.1 Å². The number of para-hydroxylation sites is 1. The molecule has 0 amide bonds. The SMILES string of the molecule is C.CC(C)C1CCCN(c2ccccc2)C1.Cc1ccc(N2CCCC(C(C)C)C2)cn1.Cc1cccc(N2CCCC(C(C)C)C2)c1. The van der Waals surface area contributed by atoms with Gasteiger partial charge in [-0.1, -0.05) is 79.3 Å². The quantitative estimate of drug-likeness (QED) is 0.264. The van der Waals surface area contributed by atoms with Crippen LogP contribution < -0.4 is 14.7 Å². The van der Waals surface area contributed by atoms with Crippen LogP contribution in [0.2, 0.25) is 0 Å². The summed E-state index contributed by atoms with van der Waals surface area (Å²) in [6.45, 7) is 25.6. The first-order chi connectivity index (χ1) is 22.6. The average Bonchev–Trinajstić information content (AvgIpc) is 3.10. The van der Waals surface area contributed by atoms with Gasteiger partial charge in [-0.05, 0) is 130 Å². The van der Waals surface area contributed by atoms with Crippen molar-refractivity contribution in [2.45, 2.75) is 101 Å². The second-order valence-corrected chi connectivity index (χ2v) is 15.6. The normalized spacial score (nSPS) is 21.2. The zero-order valence-electron chi connectivity index (χ0n) is 31.2. The Hall–Kier alpha value is -3.01. The lowest BCUT2D eigenvalue weighted by molar-refractivity contribution is 0.321. The Balaban J connectivity index is 0.000000193. The van der Waals surface area contributed by atoms with Crippen LogP contribution in [0.15, 0.2) is 72.9 Å². The van der Waals surface area contributed by atoms with Crippen LogP contribution in [-0.2, 0) is 0 Å². The van der Waals surface area contributed by atoms with E-state index in [1.54, 1.807) is 0 Å². The molecule has 4 heterocycles. The van der Waals surface area contributed by atoms with Crippen molar-refractivity contribution in [2.75, 3.05) is 54.0 Å². The Kier molecular flexibility index (Phi) is 16.3. The van der Waals surface area contributed by atoms with Crippen LogP contribution >= 0.6 is 0 Å². The van der Waals surface area contributed by atoms with E-state index in [4.69, 9.17) is 0 Å². The lowest BCUT2D eigenvalue weighted by Crippen LogP contribution is -2.37. The molecule has 0 radical (unpaired) electrons. The van der Waals surface area contributed by atoms with Gasteiger partial charge in [-0.25, -0.2) is 0 Å². The third kappa shape index (κ3) is 12.1. The lowest BCUT2D eigenvalue weighted by atomic mass is 9.87. The van der Waals surface area contributed by atoms with Gasteiger partial charge in [-0.2, -0.15) is 0 Å². The highest BCUT2D eigenvalue weighted by Gasteiger charge is 2.24. The van der Waals surface area contributed by atoms with Gasteiger partial charge in [0.1, 0.15) is 0 Å². The molecule has 0 aliphatic carbocycles. The van der Waals surface area contributed by atoms with Gasteiger partial charge in [0.05, 0.1) is 11.9 Å². The van der Waals surface area contributed by atoms with Crippen LogP contribution in [0.25, 0.3) is 0 Å². The fraction of sp³-hybridized carbons (Fsp3) is 0.614. The van der Waals surface area contributed by atoms with Crippen LogP contribution in [-0.4, -0.2) is 44.3 Å². The summed E-state index contributed by atoms with van der Waals surface area (Å²) in [5, 5.41) is 0. The third-order valence-corrected chi connectivity index (χ3v) is 11.0. The Morgan fingerprint density at radius 2 is 1.00 bits per heavy atom. The standard InChI is InChI=1S/C15H23N.C14H22N2.C14H21N.CH4/c1-12(2)14-7-5-9-16(11-14)15-8-4-6-13(3)10-15;1-11(2)13-5-4-8-16(10-13)14-7-6-12(3)15-9-14;1-12(2)13-7-6-10-15(11-13)14-8-4-3-5-9-14;/h4,6,8,10,12,14H,5,7,9,11H2,1-3H3;6-7,9,11,13H,4-5,8,10H2,1-3H3;3-5,8-9,12-13H,6-7,10-11H2,1-2H3;1H4. The number of hydrogen-bond donors (Lipinski definition) is 0. The number of benzene rings is 2. The predicted molar refractivity (Wildman–Crippen MR) is 213 cm³/mol. The molecule has 3 saturated heterocycles. The zero-order chi connectivity index (χ0) is 33.8. The summed E-state index contributed by atoms with van der Waals surface area (Å²) in [5.41, 5.74) is 6.55. The molecule has 4 heteroatoms. The van der Waals surface area contributed by atoms with Crippen molar-refractivity contribution in [3.63, 3.8) is 0 Å². The summed E-state index contributed by atoms with van der Waals surface area (Å²) in [4.78, 5) is 12.0. The number of anilines is 3. The second-order valence-electron chi connectivity index (χ2n) is 15.6. The number of pyridine rings is 1. The minimum atomic E-state index is 0. The summed E-state index contributed by atoms with van der Waals surface area (Å²) in [7, 11) is 0. The van der Waals surface area contributed by atoms with Crippen LogP contribution in [0.5, 0.6) is 0 Å². The highest BCUT2D eigenvalue weighted by molar-refractivity contribution is 5.49. The number of nitrogens with zero attached hydrogens (tertiary/aromatic N) is 4. The lowest BCUT2D eigenvalue weighted by Gasteiger charge is -2.36. The molecular weight excluding hydrogens is 585 g/mol. The molecule has 4 nitrogen and oxygen atoms in total. The monoisotopic (exact) mass is 655 g/mol. The summed E-state index contributed by atoms with van der Waals surface area (Å²) >= 11 is 0. The van der Waals surface area contributed by atoms with Gasteiger partial charge in [0.15, 0.2) is 0 Å². The second kappa shape index (κ2) is 19.9. The first kappa shape index (κ1) is 39.4. The molecule has 0 bridgehead atoms. The van der Waals surface area contributed by atoms with E-state index in [0.717, 1.165) is 41.2 Å². The molecule has 1 aromatic heterocycles. The zero-order valence-corrected chi connectivity index (χ0v) is 31.2. The first-order valence-corrected chi connectivity index (χ1v) is 18.9. The Bertz CT molecular complexity index is 1280. The van der Waals surface area contributed by atoms with Crippen molar-refractivity contribution in [1.29, 1.82) is 0 Å². The van der Waals surface area contributed by atoms with E-state index in [2.05, 4.69) is 135 Å². The van der Waals surface area contributed by atoms with Gasteiger partial charge in [0, 0.05) is 56.3 Å². The molecule has 3 aliphatic heterocycles. The Morgan fingerprint density at radius 1 is 0.542 bits per heavy atom. The summed E-state index contributed by atoms with van der Waals surface area (Å²) in [6, 6.07) is 24.0. The minimum Gasteiger partial charge on any atom is -0.371 e. The minimum absolute atomic E-state index is 0. The van der Waals surface area contributed by atoms with Crippen molar-refractivity contribution in [3.05, 3.63) is 84.2 Å². The predicted octanol–water partition coefficient (Wildman–Crippen LogP) is 11.3. The number of aryl methyl sites for hydroxylation is 2. The molecule has 2 aromatic carbocycles. The summed E-state index contributed by atoms with van der Waals surface area (Å²) in [5.74, 6) is 5.01. The van der Waals surface area contributed by atoms with Crippen molar-refractivity contribution < 1.29 is 0 Å². The van der Waals surface area contributed by atoms with Crippen molar-refractivity contribution in [3.8, 4) is 0 Å². The fourth-order valence-electron chi connectivity index (χ4n) is 7.48. The maximum atomic E-state index is 4.38. The maximum Gasteiger partial charge on any atom is 0.0553 e. The molecule has 48 heavy (non-hydrogen) atoms. The van der Waals surface area contributed by atoms with E-state index >= 15 is 0 Å². The molecule has 0 N–H and O–H groups in total. The number of hydrogen-bond acceptors (Lipinski definition) is 4. The smallest absolute Gasteiger partial charge is 0.0553 e. The van der Waals surface area contributed by atoms with Gasteiger partial charge in [0.2, 0.25) is 0 Å². The van der Waals surface area contributed by atoms with Crippen LogP contribution in [0, 0.1) is 49.4 Å². The van der Waals surface area contributed by atoms with E-state index in [0.29, 0.717) is 0 Å². The summed E-state index contributed by atoms with van der Waals surface area (Å²) in [6.07, 6.45) is 10.2. The van der Waals surface area contributed by atoms with Gasteiger partial charge in [0.25, 0.3) is 0 Å². The van der Waals surface area contributed by atoms with E-state index < -0.39 is 0 Å². The van der Waals surface area contributed by atoms with E-state index in [-0.39, 0.29) is 7.43 Å². The molecule has 3 aromatic rings. The highest BCUT2D eigenvalue weighted by atomic mass is 15.1. The first-order valence-electron chi connectivity index (χ1n) is 18.9. The molecular formula is C44H70N4. The Labute approximate surface area is 296 Å².